The largest absolute Gasteiger partial charge is 0.491 e. The second-order valence-electron chi connectivity index (χ2n) is 6.45. The van der Waals surface area contributed by atoms with Crippen molar-refractivity contribution >= 4 is 22.8 Å². The zero-order valence-corrected chi connectivity index (χ0v) is 16.2. The minimum absolute atomic E-state index is 0.0572. The third kappa shape index (κ3) is 4.25. The van der Waals surface area contributed by atoms with Gasteiger partial charge in [-0.25, -0.2) is 4.79 Å². The maximum absolute atomic E-state index is 12.4. The van der Waals surface area contributed by atoms with Crippen LogP contribution in [0.1, 0.15) is 13.8 Å². The van der Waals surface area contributed by atoms with Crippen LogP contribution in [-0.2, 0) is 13.6 Å². The van der Waals surface area contributed by atoms with E-state index in [9.17, 15) is 14.7 Å². The molecule has 1 atom stereocenters. The zero-order valence-electron chi connectivity index (χ0n) is 15.4. The lowest BCUT2D eigenvalue weighted by atomic mass is 10.3. The molecule has 2 aromatic heterocycles. The number of fused-ring (bicyclic) bond motifs is 1. The summed E-state index contributed by atoms with van der Waals surface area (Å²) in [5, 5.41) is 15.6. The first-order valence-electron chi connectivity index (χ1n) is 8.59. The number of hydrogen-bond acceptors (Lipinski definition) is 6. The minimum Gasteiger partial charge on any atom is -0.491 e. The summed E-state index contributed by atoms with van der Waals surface area (Å²) in [7, 11) is 1.59. The van der Waals surface area contributed by atoms with Gasteiger partial charge in [-0.2, -0.15) is 5.10 Å². The van der Waals surface area contributed by atoms with E-state index in [1.54, 1.807) is 19.2 Å². The van der Waals surface area contributed by atoms with Gasteiger partial charge in [-0.3, -0.25) is 19.0 Å². The molecule has 0 saturated carbocycles. The van der Waals surface area contributed by atoms with Crippen molar-refractivity contribution in [2.24, 2.45) is 7.05 Å². The number of thioether (sulfide) groups is 1. The van der Waals surface area contributed by atoms with Gasteiger partial charge in [0.1, 0.15) is 29.0 Å². The van der Waals surface area contributed by atoms with Crippen LogP contribution < -0.4 is 16.0 Å². The SMILES string of the molecule is CC(C)Sc1nn(CC(O)COc2ccccc2)c2c(=O)[nH]c(=O)n(C)c12. The van der Waals surface area contributed by atoms with E-state index in [1.807, 2.05) is 32.0 Å². The van der Waals surface area contributed by atoms with Gasteiger partial charge in [0, 0.05) is 12.3 Å². The lowest BCUT2D eigenvalue weighted by Crippen LogP contribution is -2.30. The molecule has 0 fully saturated rings. The fourth-order valence-corrected chi connectivity index (χ4v) is 3.63. The summed E-state index contributed by atoms with van der Waals surface area (Å²) in [6.07, 6.45) is -0.873. The monoisotopic (exact) mass is 390 g/mol. The van der Waals surface area contributed by atoms with E-state index < -0.39 is 17.4 Å². The molecular formula is C18H22N4O4S. The van der Waals surface area contributed by atoms with Crippen LogP contribution in [0.2, 0.25) is 0 Å². The predicted molar refractivity (Wildman–Crippen MR) is 105 cm³/mol. The van der Waals surface area contributed by atoms with Crippen LogP contribution in [0.15, 0.2) is 44.9 Å². The zero-order chi connectivity index (χ0) is 19.6. The summed E-state index contributed by atoms with van der Waals surface area (Å²) < 4.78 is 8.37. The standard InChI is InChI=1S/C18H22N4O4S/c1-11(2)27-17-15-14(16(24)19-18(25)21(15)3)22(20-17)9-12(23)10-26-13-7-5-4-6-8-13/h4-8,11-12,23H,9-10H2,1-3H3,(H,19,24,25). The number of aliphatic hydroxyl groups is 1. The molecule has 0 bridgehead atoms. The Morgan fingerprint density at radius 3 is 2.59 bits per heavy atom. The summed E-state index contributed by atoms with van der Waals surface area (Å²) >= 11 is 1.46. The van der Waals surface area contributed by atoms with Gasteiger partial charge in [-0.15, -0.1) is 0 Å². The van der Waals surface area contributed by atoms with Crippen LogP contribution >= 0.6 is 11.8 Å². The number of aromatic amines is 1. The third-order valence-corrected chi connectivity index (χ3v) is 4.86. The Hall–Kier alpha value is -2.52. The molecule has 0 amide bonds. The summed E-state index contributed by atoms with van der Waals surface area (Å²) in [5.41, 5.74) is -0.282. The minimum atomic E-state index is -0.873. The number of nitrogens with zero attached hydrogens (tertiary/aromatic N) is 3. The van der Waals surface area contributed by atoms with Crippen molar-refractivity contribution < 1.29 is 9.84 Å². The number of ether oxygens (including phenoxy) is 1. The normalized spacial score (nSPS) is 12.6. The van der Waals surface area contributed by atoms with Crippen molar-refractivity contribution in [1.82, 2.24) is 19.3 Å². The average molecular weight is 390 g/mol. The Labute approximate surface area is 159 Å². The van der Waals surface area contributed by atoms with E-state index >= 15 is 0 Å². The second kappa shape index (κ2) is 8.01. The predicted octanol–water partition coefficient (Wildman–Crippen LogP) is 1.36. The molecule has 0 spiro atoms. The van der Waals surface area contributed by atoms with Crippen LogP contribution in [0.3, 0.4) is 0 Å². The Morgan fingerprint density at radius 2 is 1.93 bits per heavy atom. The fourth-order valence-electron chi connectivity index (χ4n) is 2.70. The molecule has 0 aliphatic heterocycles. The topological polar surface area (TPSA) is 102 Å². The number of aliphatic hydroxyl groups excluding tert-OH is 1. The number of para-hydroxylation sites is 1. The first kappa shape index (κ1) is 19.2. The molecule has 27 heavy (non-hydrogen) atoms. The van der Waals surface area contributed by atoms with Crippen molar-refractivity contribution in [3.8, 4) is 5.75 Å². The van der Waals surface area contributed by atoms with Crippen molar-refractivity contribution in [3.05, 3.63) is 51.2 Å². The number of H-pyrrole nitrogens is 1. The van der Waals surface area contributed by atoms with Gasteiger partial charge in [-0.05, 0) is 12.1 Å². The molecule has 2 N–H and O–H groups in total. The van der Waals surface area contributed by atoms with Gasteiger partial charge in [0.05, 0.1) is 6.54 Å². The van der Waals surface area contributed by atoms with Crippen LogP contribution in [0.5, 0.6) is 5.75 Å². The van der Waals surface area contributed by atoms with Crippen LogP contribution in [0.25, 0.3) is 11.0 Å². The first-order valence-corrected chi connectivity index (χ1v) is 9.47. The lowest BCUT2D eigenvalue weighted by molar-refractivity contribution is 0.0901. The molecule has 8 nitrogen and oxygen atoms in total. The van der Waals surface area contributed by atoms with Crippen LogP contribution in [0.4, 0.5) is 0 Å². The molecule has 3 aromatic rings. The Bertz CT molecular complexity index is 1040. The molecule has 0 radical (unpaired) electrons. The highest BCUT2D eigenvalue weighted by Crippen LogP contribution is 2.27. The average Bonchev–Trinajstić information content (AvgIpc) is 2.96. The van der Waals surface area contributed by atoms with E-state index in [1.165, 1.54) is 21.0 Å². The fraction of sp³-hybridized carbons (Fsp3) is 0.389. The van der Waals surface area contributed by atoms with Crippen LogP contribution in [-0.4, -0.2) is 42.4 Å². The number of aromatic nitrogens is 4. The van der Waals surface area contributed by atoms with Gasteiger partial charge < -0.3 is 9.84 Å². The maximum Gasteiger partial charge on any atom is 0.328 e. The van der Waals surface area contributed by atoms with Crippen molar-refractivity contribution in [1.29, 1.82) is 0 Å². The highest BCUT2D eigenvalue weighted by Gasteiger charge is 2.20. The van der Waals surface area contributed by atoms with Crippen molar-refractivity contribution in [2.45, 2.75) is 36.8 Å². The first-order chi connectivity index (χ1) is 12.9. The van der Waals surface area contributed by atoms with E-state index in [2.05, 4.69) is 10.1 Å². The molecule has 0 aliphatic carbocycles. The number of nitrogens with one attached hydrogen (secondary N) is 1. The second-order valence-corrected chi connectivity index (χ2v) is 8.01. The summed E-state index contributed by atoms with van der Waals surface area (Å²) in [5.74, 6) is 0.651. The van der Waals surface area contributed by atoms with Gasteiger partial charge in [0.15, 0.2) is 5.52 Å². The quantitative estimate of drug-likeness (QED) is 0.591. The molecule has 0 aliphatic rings. The van der Waals surface area contributed by atoms with Gasteiger partial charge in [-0.1, -0.05) is 43.8 Å². The van der Waals surface area contributed by atoms with E-state index in [0.717, 1.165) is 0 Å². The van der Waals surface area contributed by atoms with E-state index in [4.69, 9.17) is 4.74 Å². The van der Waals surface area contributed by atoms with E-state index in [-0.39, 0.29) is 23.9 Å². The van der Waals surface area contributed by atoms with Gasteiger partial charge >= 0.3 is 5.69 Å². The molecule has 1 unspecified atom stereocenters. The smallest absolute Gasteiger partial charge is 0.328 e. The number of rotatable bonds is 7. The highest BCUT2D eigenvalue weighted by atomic mass is 32.2. The summed E-state index contributed by atoms with van der Waals surface area (Å²) in [6, 6.07) is 9.17. The van der Waals surface area contributed by atoms with Crippen molar-refractivity contribution in [2.75, 3.05) is 6.61 Å². The Kier molecular flexibility index (Phi) is 5.71. The van der Waals surface area contributed by atoms with E-state index in [0.29, 0.717) is 16.3 Å². The Morgan fingerprint density at radius 1 is 1.22 bits per heavy atom. The number of hydrogen-bond donors (Lipinski definition) is 2. The molecule has 9 heteroatoms. The third-order valence-electron chi connectivity index (χ3n) is 3.89. The number of benzene rings is 1. The molecule has 0 saturated heterocycles. The number of aryl methyl sites for hydroxylation is 1. The molecule has 1 aromatic carbocycles. The Balaban J connectivity index is 1.90. The molecule has 2 heterocycles. The highest BCUT2D eigenvalue weighted by molar-refractivity contribution is 8.00. The molecule has 3 rings (SSSR count). The molecular weight excluding hydrogens is 368 g/mol. The van der Waals surface area contributed by atoms with Gasteiger partial charge in [0.2, 0.25) is 0 Å². The lowest BCUT2D eigenvalue weighted by Gasteiger charge is -2.13. The van der Waals surface area contributed by atoms with Gasteiger partial charge in [0.25, 0.3) is 5.56 Å². The summed E-state index contributed by atoms with van der Waals surface area (Å²) in [6.45, 7) is 4.14. The molecule has 144 valence electrons. The van der Waals surface area contributed by atoms with Crippen LogP contribution in [0, 0.1) is 0 Å². The maximum atomic E-state index is 12.4. The summed E-state index contributed by atoms with van der Waals surface area (Å²) in [4.78, 5) is 26.6. The van der Waals surface area contributed by atoms with Crippen molar-refractivity contribution in [3.63, 3.8) is 0 Å².